The lowest BCUT2D eigenvalue weighted by Gasteiger charge is -2.14. The fraction of sp³-hybridized carbons (Fsp3) is 0.222. The molecule has 0 amide bonds. The van der Waals surface area contributed by atoms with Gasteiger partial charge >= 0.3 is 0 Å². The molecule has 6 heteroatoms. The topological polar surface area (TPSA) is 84.1 Å². The SMILES string of the molecule is CCC(N)CNc1nc(-c2cc(Cl)ccc2O)nc2ccccc12. The number of nitrogens with one attached hydrogen (secondary N) is 1. The van der Waals surface area contributed by atoms with Crippen LogP contribution in [0.4, 0.5) is 5.82 Å². The zero-order valence-electron chi connectivity index (χ0n) is 13.3. The highest BCUT2D eigenvalue weighted by Gasteiger charge is 2.13. The largest absolute Gasteiger partial charge is 0.507 e. The van der Waals surface area contributed by atoms with Gasteiger partial charge in [-0.3, -0.25) is 0 Å². The van der Waals surface area contributed by atoms with Crippen LogP contribution in [0.3, 0.4) is 0 Å². The fourth-order valence-corrected chi connectivity index (χ4v) is 2.56. The molecular weight excluding hydrogens is 324 g/mol. The number of hydrogen-bond donors (Lipinski definition) is 3. The van der Waals surface area contributed by atoms with Gasteiger partial charge in [0.2, 0.25) is 0 Å². The van der Waals surface area contributed by atoms with E-state index in [9.17, 15) is 5.11 Å². The average Bonchev–Trinajstić information content (AvgIpc) is 2.61. The Bertz CT molecular complexity index is 869. The maximum atomic E-state index is 10.1. The number of benzene rings is 2. The number of fused-ring (bicyclic) bond motifs is 1. The number of anilines is 1. The third kappa shape index (κ3) is 3.42. The number of halogens is 1. The summed E-state index contributed by atoms with van der Waals surface area (Å²) >= 11 is 6.05. The van der Waals surface area contributed by atoms with Crippen molar-refractivity contribution in [1.29, 1.82) is 0 Å². The third-order valence-electron chi connectivity index (χ3n) is 3.86. The van der Waals surface area contributed by atoms with Gasteiger partial charge in [0, 0.05) is 23.0 Å². The summed E-state index contributed by atoms with van der Waals surface area (Å²) in [4.78, 5) is 9.14. The van der Waals surface area contributed by atoms with Gasteiger partial charge in [0.05, 0.1) is 11.1 Å². The van der Waals surface area contributed by atoms with Gasteiger partial charge in [-0.1, -0.05) is 30.7 Å². The maximum absolute atomic E-state index is 10.1. The Balaban J connectivity index is 2.11. The van der Waals surface area contributed by atoms with Crippen molar-refractivity contribution in [2.24, 2.45) is 5.73 Å². The van der Waals surface area contributed by atoms with Crippen molar-refractivity contribution in [3.05, 3.63) is 47.5 Å². The van der Waals surface area contributed by atoms with E-state index in [1.807, 2.05) is 31.2 Å². The molecule has 1 heterocycles. The van der Waals surface area contributed by atoms with Crippen LogP contribution in [0.25, 0.3) is 22.3 Å². The van der Waals surface area contributed by atoms with Crippen LogP contribution in [0.2, 0.25) is 5.02 Å². The van der Waals surface area contributed by atoms with Gasteiger partial charge in [-0.2, -0.15) is 0 Å². The second kappa shape index (κ2) is 7.03. The highest BCUT2D eigenvalue weighted by atomic mass is 35.5. The molecule has 24 heavy (non-hydrogen) atoms. The predicted octanol–water partition coefficient (Wildman–Crippen LogP) is 3.81. The number of rotatable bonds is 5. The molecule has 0 spiro atoms. The zero-order valence-corrected chi connectivity index (χ0v) is 14.1. The Morgan fingerprint density at radius 3 is 2.79 bits per heavy atom. The molecule has 0 aliphatic rings. The van der Waals surface area contributed by atoms with Crippen LogP contribution in [0.5, 0.6) is 5.75 Å². The molecular formula is C18H19ClN4O. The van der Waals surface area contributed by atoms with E-state index in [2.05, 4.69) is 15.3 Å². The van der Waals surface area contributed by atoms with Gasteiger partial charge in [0.15, 0.2) is 5.82 Å². The first-order valence-corrected chi connectivity index (χ1v) is 8.21. The van der Waals surface area contributed by atoms with Crippen LogP contribution in [0, 0.1) is 0 Å². The summed E-state index contributed by atoms with van der Waals surface area (Å²) in [5.41, 5.74) is 7.28. The molecule has 124 valence electrons. The molecule has 0 saturated carbocycles. The van der Waals surface area contributed by atoms with Crippen molar-refractivity contribution in [3.8, 4) is 17.1 Å². The van der Waals surface area contributed by atoms with Crippen LogP contribution in [0.1, 0.15) is 13.3 Å². The first kappa shape index (κ1) is 16.5. The van der Waals surface area contributed by atoms with Gasteiger partial charge in [0.1, 0.15) is 11.6 Å². The van der Waals surface area contributed by atoms with Crippen LogP contribution >= 0.6 is 11.6 Å². The standard InChI is InChI=1S/C18H19ClN4O/c1-2-12(20)10-21-17-13-5-3-4-6-15(13)22-18(23-17)14-9-11(19)7-8-16(14)24/h3-9,12,24H,2,10,20H2,1H3,(H,21,22,23). The van der Waals surface area contributed by atoms with Crippen LogP contribution in [-0.4, -0.2) is 27.7 Å². The number of aromatic nitrogens is 2. The summed E-state index contributed by atoms with van der Waals surface area (Å²) in [6.07, 6.45) is 0.873. The van der Waals surface area contributed by atoms with Crippen LogP contribution < -0.4 is 11.1 Å². The second-order valence-electron chi connectivity index (χ2n) is 5.62. The number of phenols is 1. The van der Waals surface area contributed by atoms with E-state index in [0.29, 0.717) is 28.8 Å². The Labute approximate surface area is 145 Å². The van der Waals surface area contributed by atoms with Crippen molar-refractivity contribution in [2.75, 3.05) is 11.9 Å². The molecule has 1 unspecified atom stereocenters. The third-order valence-corrected chi connectivity index (χ3v) is 4.09. The molecule has 1 atom stereocenters. The van der Waals surface area contributed by atoms with E-state index in [1.165, 1.54) is 6.07 Å². The molecule has 5 nitrogen and oxygen atoms in total. The zero-order chi connectivity index (χ0) is 17.1. The van der Waals surface area contributed by atoms with Crippen molar-refractivity contribution >= 4 is 28.3 Å². The number of hydrogen-bond acceptors (Lipinski definition) is 5. The first-order chi connectivity index (χ1) is 11.6. The average molecular weight is 343 g/mol. The minimum atomic E-state index is 0.0433. The van der Waals surface area contributed by atoms with E-state index in [-0.39, 0.29) is 11.8 Å². The Morgan fingerprint density at radius 1 is 1.21 bits per heavy atom. The minimum Gasteiger partial charge on any atom is -0.507 e. The summed E-state index contributed by atoms with van der Waals surface area (Å²) in [5.74, 6) is 1.20. The summed E-state index contributed by atoms with van der Waals surface area (Å²) < 4.78 is 0. The van der Waals surface area contributed by atoms with E-state index in [4.69, 9.17) is 17.3 Å². The van der Waals surface area contributed by atoms with Gasteiger partial charge < -0.3 is 16.2 Å². The Kier molecular flexibility index (Phi) is 4.83. The van der Waals surface area contributed by atoms with Crippen molar-refractivity contribution < 1.29 is 5.11 Å². The number of nitrogens with zero attached hydrogens (tertiary/aromatic N) is 2. The summed E-state index contributed by atoms with van der Waals surface area (Å²) in [6, 6.07) is 12.6. The molecule has 2 aromatic carbocycles. The lowest BCUT2D eigenvalue weighted by molar-refractivity contribution is 0.477. The molecule has 0 fully saturated rings. The second-order valence-corrected chi connectivity index (χ2v) is 6.06. The van der Waals surface area contributed by atoms with Gasteiger partial charge in [-0.25, -0.2) is 9.97 Å². The normalized spacial score (nSPS) is 12.3. The predicted molar refractivity (Wildman–Crippen MR) is 98.4 cm³/mol. The number of phenolic OH excluding ortho intramolecular Hbond substituents is 1. The fourth-order valence-electron chi connectivity index (χ4n) is 2.39. The minimum absolute atomic E-state index is 0.0433. The molecule has 0 bridgehead atoms. The molecule has 0 aliphatic carbocycles. The number of nitrogens with two attached hydrogens (primary N) is 1. The van der Waals surface area contributed by atoms with Crippen molar-refractivity contribution in [1.82, 2.24) is 9.97 Å². The van der Waals surface area contributed by atoms with Crippen molar-refractivity contribution in [3.63, 3.8) is 0 Å². The van der Waals surface area contributed by atoms with E-state index < -0.39 is 0 Å². The Morgan fingerprint density at radius 2 is 2.00 bits per heavy atom. The molecule has 3 rings (SSSR count). The van der Waals surface area contributed by atoms with Crippen LogP contribution in [-0.2, 0) is 0 Å². The molecule has 3 aromatic rings. The van der Waals surface area contributed by atoms with Crippen molar-refractivity contribution in [2.45, 2.75) is 19.4 Å². The van der Waals surface area contributed by atoms with E-state index in [1.54, 1.807) is 12.1 Å². The summed E-state index contributed by atoms with van der Waals surface area (Å²) in [7, 11) is 0. The number of para-hydroxylation sites is 1. The summed E-state index contributed by atoms with van der Waals surface area (Å²) in [6.45, 7) is 2.65. The number of aromatic hydroxyl groups is 1. The van der Waals surface area contributed by atoms with E-state index in [0.717, 1.165) is 17.3 Å². The lowest BCUT2D eigenvalue weighted by Crippen LogP contribution is -2.28. The molecule has 0 saturated heterocycles. The quantitative estimate of drug-likeness (QED) is 0.656. The Hall–Kier alpha value is -2.37. The van der Waals surface area contributed by atoms with Gasteiger partial charge in [-0.15, -0.1) is 0 Å². The monoisotopic (exact) mass is 342 g/mol. The smallest absolute Gasteiger partial charge is 0.165 e. The first-order valence-electron chi connectivity index (χ1n) is 7.83. The molecule has 1 aromatic heterocycles. The van der Waals surface area contributed by atoms with Crippen LogP contribution in [0.15, 0.2) is 42.5 Å². The maximum Gasteiger partial charge on any atom is 0.165 e. The summed E-state index contributed by atoms with van der Waals surface area (Å²) in [5, 5.41) is 14.8. The lowest BCUT2D eigenvalue weighted by atomic mass is 10.1. The molecule has 4 N–H and O–H groups in total. The molecule has 0 radical (unpaired) electrons. The highest BCUT2D eigenvalue weighted by Crippen LogP contribution is 2.32. The highest BCUT2D eigenvalue weighted by molar-refractivity contribution is 6.30. The van der Waals surface area contributed by atoms with Gasteiger partial charge in [0.25, 0.3) is 0 Å². The van der Waals surface area contributed by atoms with E-state index >= 15 is 0 Å². The molecule has 0 aliphatic heterocycles. The van der Waals surface area contributed by atoms with Gasteiger partial charge in [-0.05, 0) is 36.8 Å².